The predicted octanol–water partition coefficient (Wildman–Crippen LogP) is 11.1. The Balaban J connectivity index is 1.33. The summed E-state index contributed by atoms with van der Waals surface area (Å²) in [5.74, 6) is 0.693. The maximum absolute atomic E-state index is 5.37. The molecule has 3 aromatic heterocycles. The van der Waals surface area contributed by atoms with Crippen molar-refractivity contribution >= 4 is 64.9 Å². The molecule has 3 heterocycles. The Hall–Kier alpha value is -5.32. The van der Waals surface area contributed by atoms with Crippen molar-refractivity contribution in [2.24, 2.45) is 0 Å². The molecule has 0 N–H and O–H groups in total. The summed E-state index contributed by atoms with van der Waals surface area (Å²) in [6, 6.07) is 45.8. The van der Waals surface area contributed by atoms with E-state index in [4.69, 9.17) is 9.97 Å². The minimum Gasteiger partial charge on any atom is -0.278 e. The molecule has 0 spiro atoms. The second kappa shape index (κ2) is 8.87. The minimum absolute atomic E-state index is 0.0231. The van der Waals surface area contributed by atoms with Crippen LogP contribution in [0.3, 0.4) is 0 Å². The molecule has 212 valence electrons. The Morgan fingerprint density at radius 2 is 1.36 bits per heavy atom. The molecule has 0 atom stereocenters. The lowest BCUT2D eigenvalue weighted by atomic mass is 9.87. The first-order valence-corrected chi connectivity index (χ1v) is 16.2. The molecule has 0 fully saturated rings. The van der Waals surface area contributed by atoms with E-state index in [1.54, 1.807) is 0 Å². The van der Waals surface area contributed by atoms with Gasteiger partial charge >= 0.3 is 0 Å². The molecule has 1 aliphatic rings. The van der Waals surface area contributed by atoms with Crippen molar-refractivity contribution in [1.82, 2.24) is 14.5 Å². The Morgan fingerprint density at radius 1 is 0.600 bits per heavy atom. The van der Waals surface area contributed by atoms with Gasteiger partial charge in [-0.1, -0.05) is 117 Å². The highest BCUT2D eigenvalue weighted by Crippen LogP contribution is 2.56. The van der Waals surface area contributed by atoms with Gasteiger partial charge in [-0.15, -0.1) is 11.3 Å². The van der Waals surface area contributed by atoms with Gasteiger partial charge in [0, 0.05) is 53.1 Å². The van der Waals surface area contributed by atoms with Gasteiger partial charge in [-0.3, -0.25) is 4.57 Å². The van der Waals surface area contributed by atoms with Crippen molar-refractivity contribution in [3.63, 3.8) is 0 Å². The van der Waals surface area contributed by atoms with Gasteiger partial charge in [0.15, 0.2) is 0 Å². The van der Waals surface area contributed by atoms with Crippen molar-refractivity contribution in [2.75, 3.05) is 0 Å². The van der Waals surface area contributed by atoms with Gasteiger partial charge in [0.2, 0.25) is 5.95 Å². The lowest BCUT2D eigenvalue weighted by molar-refractivity contribution is 0.674. The number of thiophene rings is 1. The number of hydrogen-bond acceptors (Lipinski definition) is 3. The molecule has 0 unspecified atom stereocenters. The largest absolute Gasteiger partial charge is 0.278 e. The van der Waals surface area contributed by atoms with Gasteiger partial charge in [0.05, 0.1) is 22.2 Å². The monoisotopic (exact) mass is 593 g/mol. The first kappa shape index (κ1) is 25.1. The zero-order chi connectivity index (χ0) is 29.9. The van der Waals surface area contributed by atoms with Crippen LogP contribution in [0, 0.1) is 0 Å². The van der Waals surface area contributed by atoms with Gasteiger partial charge in [-0.05, 0) is 40.8 Å². The molecule has 0 radical (unpaired) electrons. The van der Waals surface area contributed by atoms with Gasteiger partial charge in [-0.2, -0.15) is 0 Å². The third-order valence-corrected chi connectivity index (χ3v) is 11.2. The molecule has 0 aliphatic heterocycles. The molecule has 0 amide bonds. The lowest BCUT2D eigenvalue weighted by Gasteiger charge is -2.19. The van der Waals surface area contributed by atoms with Crippen LogP contribution in [0.25, 0.3) is 81.9 Å². The van der Waals surface area contributed by atoms with E-state index in [2.05, 4.69) is 146 Å². The molecule has 9 aromatic rings. The fourth-order valence-electron chi connectivity index (χ4n) is 7.62. The highest BCUT2D eigenvalue weighted by Gasteiger charge is 2.38. The summed E-state index contributed by atoms with van der Waals surface area (Å²) in [5, 5.41) is 7.14. The third kappa shape index (κ3) is 3.35. The van der Waals surface area contributed by atoms with Crippen molar-refractivity contribution in [1.29, 1.82) is 0 Å². The van der Waals surface area contributed by atoms with Gasteiger partial charge < -0.3 is 0 Å². The van der Waals surface area contributed by atoms with Crippen molar-refractivity contribution < 1.29 is 0 Å². The summed E-state index contributed by atoms with van der Waals surface area (Å²) in [7, 11) is 0. The molecular formula is C41H27N3S. The highest BCUT2D eigenvalue weighted by atomic mass is 32.1. The van der Waals surface area contributed by atoms with E-state index < -0.39 is 0 Å². The van der Waals surface area contributed by atoms with Crippen molar-refractivity contribution in [2.45, 2.75) is 19.3 Å². The van der Waals surface area contributed by atoms with E-state index >= 15 is 0 Å². The Labute approximate surface area is 264 Å². The standard InChI is InChI=1S/C41H27N3S/c1-41(2)32-18-10-8-17-28(32)36-31-22-30-27-16-9-11-19-33(27)44(34(30)23-35(31)45-39(36)41)40-42-37(25-13-4-3-5-14-25)29-21-20-24-12-6-7-15-26(24)38(29)43-40/h3-23H,1-2H3. The van der Waals surface area contributed by atoms with Gasteiger partial charge in [0.25, 0.3) is 0 Å². The quantitative estimate of drug-likeness (QED) is 0.187. The summed E-state index contributed by atoms with van der Waals surface area (Å²) < 4.78 is 3.58. The zero-order valence-corrected chi connectivity index (χ0v) is 25.7. The predicted molar refractivity (Wildman–Crippen MR) is 190 cm³/mol. The van der Waals surface area contributed by atoms with Crippen molar-refractivity contribution in [3.05, 3.63) is 138 Å². The summed E-state index contributed by atoms with van der Waals surface area (Å²) in [6.45, 7) is 4.72. The SMILES string of the molecule is CC1(C)c2ccccc2-c2c1sc1cc3c(cc21)c1ccccc1n3-c1nc(-c2ccccc2)c2ccc3ccccc3c2n1. The summed E-state index contributed by atoms with van der Waals surface area (Å²) >= 11 is 1.93. The normalized spacial score (nSPS) is 13.7. The van der Waals surface area contributed by atoms with Gasteiger partial charge in [-0.25, -0.2) is 9.97 Å². The van der Waals surface area contributed by atoms with Crippen LogP contribution < -0.4 is 0 Å². The molecule has 0 bridgehead atoms. The van der Waals surface area contributed by atoms with Crippen LogP contribution in [0.15, 0.2) is 127 Å². The zero-order valence-electron chi connectivity index (χ0n) is 24.9. The minimum atomic E-state index is -0.0231. The number of benzene rings is 6. The molecule has 6 aromatic carbocycles. The molecule has 4 heteroatoms. The molecule has 0 saturated carbocycles. The maximum atomic E-state index is 5.37. The lowest BCUT2D eigenvalue weighted by Crippen LogP contribution is -2.13. The number of rotatable bonds is 2. The molecule has 45 heavy (non-hydrogen) atoms. The van der Waals surface area contributed by atoms with Crippen LogP contribution in [-0.4, -0.2) is 14.5 Å². The average molecular weight is 594 g/mol. The summed E-state index contributed by atoms with van der Waals surface area (Å²) in [5.41, 5.74) is 9.40. The maximum Gasteiger partial charge on any atom is 0.235 e. The second-order valence-electron chi connectivity index (χ2n) is 12.6. The Kier molecular flexibility index (Phi) is 4.94. The first-order chi connectivity index (χ1) is 22.1. The van der Waals surface area contributed by atoms with E-state index in [9.17, 15) is 0 Å². The number of aromatic nitrogens is 3. The van der Waals surface area contributed by atoms with E-state index in [0.717, 1.165) is 38.6 Å². The first-order valence-electron chi connectivity index (χ1n) is 15.4. The topological polar surface area (TPSA) is 30.7 Å². The average Bonchev–Trinajstić information content (AvgIpc) is 3.69. The number of fused-ring (bicyclic) bond motifs is 11. The molecule has 3 nitrogen and oxygen atoms in total. The highest BCUT2D eigenvalue weighted by molar-refractivity contribution is 7.20. The van der Waals surface area contributed by atoms with Crippen LogP contribution in [0.5, 0.6) is 0 Å². The smallest absolute Gasteiger partial charge is 0.235 e. The number of para-hydroxylation sites is 1. The fraction of sp³-hybridized carbons (Fsp3) is 0.0732. The summed E-state index contributed by atoms with van der Waals surface area (Å²) in [4.78, 5) is 12.2. The van der Waals surface area contributed by atoms with Gasteiger partial charge in [0.1, 0.15) is 0 Å². The van der Waals surface area contributed by atoms with E-state index in [-0.39, 0.29) is 5.41 Å². The van der Waals surface area contributed by atoms with E-state index in [1.807, 2.05) is 11.3 Å². The van der Waals surface area contributed by atoms with Crippen LogP contribution in [-0.2, 0) is 5.41 Å². The molecule has 10 rings (SSSR count). The second-order valence-corrected chi connectivity index (χ2v) is 13.7. The van der Waals surface area contributed by atoms with Crippen LogP contribution in [0.1, 0.15) is 24.3 Å². The Morgan fingerprint density at radius 3 is 2.24 bits per heavy atom. The number of nitrogens with zero attached hydrogens (tertiary/aromatic N) is 3. The van der Waals surface area contributed by atoms with Crippen molar-refractivity contribution in [3.8, 4) is 28.3 Å². The van der Waals surface area contributed by atoms with E-state index in [0.29, 0.717) is 5.95 Å². The van der Waals surface area contributed by atoms with Crippen LogP contribution >= 0.6 is 11.3 Å². The molecular weight excluding hydrogens is 567 g/mol. The Bertz CT molecular complexity index is 2680. The third-order valence-electron chi connectivity index (χ3n) is 9.75. The van der Waals surface area contributed by atoms with E-state index in [1.165, 1.54) is 47.8 Å². The summed E-state index contributed by atoms with van der Waals surface area (Å²) in [6.07, 6.45) is 0. The van der Waals surface area contributed by atoms with Crippen LogP contribution in [0.4, 0.5) is 0 Å². The van der Waals surface area contributed by atoms with Crippen LogP contribution in [0.2, 0.25) is 0 Å². The molecule has 0 saturated heterocycles. The number of hydrogen-bond donors (Lipinski definition) is 0. The molecule has 1 aliphatic carbocycles. The fourth-order valence-corrected chi connectivity index (χ4v) is 8.97.